The second-order valence-corrected chi connectivity index (χ2v) is 5.33. The molecule has 0 aromatic carbocycles. The standard InChI is InChI=1S/C18H20N4O2/c1-3-14-11-17(21-15(12-23-2)16-5-4-10-24-16)22-18(20-14)13-6-8-19-9-7-13/h4-11,15H,3,12H2,1-2H3,(H,20,21,22). The van der Waals surface area contributed by atoms with Gasteiger partial charge in [0.2, 0.25) is 0 Å². The fourth-order valence-electron chi connectivity index (χ4n) is 2.41. The van der Waals surface area contributed by atoms with Crippen LogP contribution < -0.4 is 5.32 Å². The Balaban J connectivity index is 1.92. The van der Waals surface area contributed by atoms with E-state index < -0.39 is 0 Å². The minimum Gasteiger partial charge on any atom is -0.467 e. The molecule has 3 aromatic rings. The number of aromatic nitrogens is 3. The van der Waals surface area contributed by atoms with Crippen molar-refractivity contribution in [1.29, 1.82) is 0 Å². The Bertz CT molecular complexity index is 760. The Kier molecular flexibility index (Phi) is 5.18. The fourth-order valence-corrected chi connectivity index (χ4v) is 2.41. The van der Waals surface area contributed by atoms with E-state index >= 15 is 0 Å². The maximum Gasteiger partial charge on any atom is 0.161 e. The molecule has 1 unspecified atom stereocenters. The van der Waals surface area contributed by atoms with Crippen molar-refractivity contribution in [2.24, 2.45) is 0 Å². The summed E-state index contributed by atoms with van der Waals surface area (Å²) in [4.78, 5) is 13.3. The van der Waals surface area contributed by atoms with E-state index in [1.54, 1.807) is 25.8 Å². The maximum atomic E-state index is 5.50. The van der Waals surface area contributed by atoms with Gasteiger partial charge in [-0.15, -0.1) is 0 Å². The molecule has 0 fully saturated rings. The van der Waals surface area contributed by atoms with E-state index in [4.69, 9.17) is 9.15 Å². The van der Waals surface area contributed by atoms with E-state index in [-0.39, 0.29) is 6.04 Å². The summed E-state index contributed by atoms with van der Waals surface area (Å²) < 4.78 is 10.8. The number of methoxy groups -OCH3 is 1. The zero-order valence-corrected chi connectivity index (χ0v) is 13.8. The van der Waals surface area contributed by atoms with Crippen LogP contribution >= 0.6 is 0 Å². The van der Waals surface area contributed by atoms with E-state index in [0.29, 0.717) is 12.4 Å². The molecule has 3 aromatic heterocycles. The first kappa shape index (κ1) is 16.1. The normalized spacial score (nSPS) is 12.1. The van der Waals surface area contributed by atoms with Gasteiger partial charge >= 0.3 is 0 Å². The molecule has 0 amide bonds. The Morgan fingerprint density at radius 1 is 1.21 bits per heavy atom. The lowest BCUT2D eigenvalue weighted by atomic mass is 10.2. The van der Waals surface area contributed by atoms with Gasteiger partial charge in [0, 0.05) is 36.8 Å². The van der Waals surface area contributed by atoms with Crippen molar-refractivity contribution in [3.63, 3.8) is 0 Å². The number of hydrogen-bond acceptors (Lipinski definition) is 6. The number of nitrogens with one attached hydrogen (secondary N) is 1. The summed E-state index contributed by atoms with van der Waals surface area (Å²) >= 11 is 0. The highest BCUT2D eigenvalue weighted by Crippen LogP contribution is 2.22. The molecule has 0 bridgehead atoms. The average Bonchev–Trinajstić information content (AvgIpc) is 3.16. The molecule has 0 radical (unpaired) electrons. The molecule has 3 rings (SSSR count). The van der Waals surface area contributed by atoms with Crippen molar-refractivity contribution in [2.75, 3.05) is 19.0 Å². The first-order chi connectivity index (χ1) is 11.8. The van der Waals surface area contributed by atoms with Gasteiger partial charge in [0.05, 0.1) is 12.9 Å². The molecular weight excluding hydrogens is 304 g/mol. The molecular formula is C18H20N4O2. The van der Waals surface area contributed by atoms with Crippen LogP contribution in [0.15, 0.2) is 53.4 Å². The van der Waals surface area contributed by atoms with Crippen molar-refractivity contribution in [3.8, 4) is 11.4 Å². The van der Waals surface area contributed by atoms with Crippen LogP contribution in [0.5, 0.6) is 0 Å². The lowest BCUT2D eigenvalue weighted by Crippen LogP contribution is -2.17. The number of hydrogen-bond donors (Lipinski definition) is 1. The molecule has 24 heavy (non-hydrogen) atoms. The predicted octanol–water partition coefficient (Wildman–Crippen LogP) is 3.49. The second kappa shape index (κ2) is 7.70. The van der Waals surface area contributed by atoms with Gasteiger partial charge in [-0.3, -0.25) is 4.98 Å². The summed E-state index contributed by atoms with van der Waals surface area (Å²) in [7, 11) is 1.66. The van der Waals surface area contributed by atoms with Gasteiger partial charge in [0.1, 0.15) is 17.6 Å². The SMILES string of the molecule is CCc1cc(NC(COC)c2ccco2)nc(-c2ccncc2)n1. The third-order valence-electron chi connectivity index (χ3n) is 3.62. The number of pyridine rings is 1. The number of aryl methyl sites for hydroxylation is 1. The maximum absolute atomic E-state index is 5.50. The minimum atomic E-state index is -0.116. The lowest BCUT2D eigenvalue weighted by molar-refractivity contribution is 0.178. The third kappa shape index (κ3) is 3.78. The van der Waals surface area contributed by atoms with Crippen LogP contribution in [-0.2, 0) is 11.2 Å². The first-order valence-corrected chi connectivity index (χ1v) is 7.87. The number of anilines is 1. The second-order valence-electron chi connectivity index (χ2n) is 5.33. The van der Waals surface area contributed by atoms with Crippen molar-refractivity contribution in [1.82, 2.24) is 15.0 Å². The Labute approximate surface area is 140 Å². The topological polar surface area (TPSA) is 73.1 Å². The van der Waals surface area contributed by atoms with Crippen molar-refractivity contribution in [3.05, 3.63) is 60.4 Å². The summed E-state index contributed by atoms with van der Waals surface area (Å²) in [6.45, 7) is 2.55. The Morgan fingerprint density at radius 2 is 2.04 bits per heavy atom. The van der Waals surface area contributed by atoms with Crippen LogP contribution in [0.3, 0.4) is 0 Å². The molecule has 0 spiro atoms. The van der Waals surface area contributed by atoms with E-state index in [2.05, 4.69) is 27.2 Å². The lowest BCUT2D eigenvalue weighted by Gasteiger charge is -2.17. The number of ether oxygens (including phenoxy) is 1. The van der Waals surface area contributed by atoms with E-state index in [1.807, 2.05) is 30.3 Å². The van der Waals surface area contributed by atoms with Gasteiger partial charge in [0.15, 0.2) is 5.82 Å². The molecule has 1 N–H and O–H groups in total. The number of furan rings is 1. The zero-order chi connectivity index (χ0) is 16.8. The van der Waals surface area contributed by atoms with E-state index in [9.17, 15) is 0 Å². The van der Waals surface area contributed by atoms with Crippen LogP contribution in [0.2, 0.25) is 0 Å². The number of nitrogens with zero attached hydrogens (tertiary/aromatic N) is 3. The van der Waals surface area contributed by atoms with Gasteiger partial charge in [-0.25, -0.2) is 9.97 Å². The minimum absolute atomic E-state index is 0.116. The van der Waals surface area contributed by atoms with Crippen LogP contribution in [0, 0.1) is 0 Å². The summed E-state index contributed by atoms with van der Waals surface area (Å²) in [5.41, 5.74) is 1.90. The molecule has 0 saturated carbocycles. The summed E-state index contributed by atoms with van der Waals surface area (Å²) in [5, 5.41) is 3.38. The molecule has 6 nitrogen and oxygen atoms in total. The van der Waals surface area contributed by atoms with Gasteiger partial charge in [-0.1, -0.05) is 6.92 Å². The Morgan fingerprint density at radius 3 is 2.71 bits per heavy atom. The van der Waals surface area contributed by atoms with Crippen molar-refractivity contribution in [2.45, 2.75) is 19.4 Å². The van der Waals surface area contributed by atoms with Crippen LogP contribution in [-0.4, -0.2) is 28.7 Å². The highest BCUT2D eigenvalue weighted by atomic mass is 16.5. The van der Waals surface area contributed by atoms with Gasteiger partial charge in [-0.05, 0) is 30.7 Å². The summed E-state index contributed by atoms with van der Waals surface area (Å²) in [6, 6.07) is 9.42. The first-order valence-electron chi connectivity index (χ1n) is 7.87. The molecule has 0 aliphatic heterocycles. The molecule has 0 aliphatic rings. The van der Waals surface area contributed by atoms with Crippen molar-refractivity contribution >= 4 is 5.82 Å². The van der Waals surface area contributed by atoms with Crippen molar-refractivity contribution < 1.29 is 9.15 Å². The van der Waals surface area contributed by atoms with Crippen LogP contribution in [0.4, 0.5) is 5.82 Å². The fraction of sp³-hybridized carbons (Fsp3) is 0.278. The van der Waals surface area contributed by atoms with Gasteiger partial charge in [-0.2, -0.15) is 0 Å². The van der Waals surface area contributed by atoms with Crippen LogP contribution in [0.25, 0.3) is 11.4 Å². The molecule has 0 aliphatic carbocycles. The molecule has 1 atom stereocenters. The largest absolute Gasteiger partial charge is 0.467 e. The van der Waals surface area contributed by atoms with Gasteiger partial charge in [0.25, 0.3) is 0 Å². The van der Waals surface area contributed by atoms with E-state index in [0.717, 1.165) is 29.3 Å². The summed E-state index contributed by atoms with van der Waals surface area (Å²) in [5.74, 6) is 2.22. The molecule has 0 saturated heterocycles. The molecule has 3 heterocycles. The van der Waals surface area contributed by atoms with E-state index in [1.165, 1.54) is 0 Å². The number of rotatable bonds is 7. The van der Waals surface area contributed by atoms with Crippen LogP contribution in [0.1, 0.15) is 24.4 Å². The smallest absolute Gasteiger partial charge is 0.161 e. The summed E-state index contributed by atoms with van der Waals surface area (Å²) in [6.07, 6.45) is 5.95. The highest BCUT2D eigenvalue weighted by molar-refractivity contribution is 5.57. The average molecular weight is 324 g/mol. The predicted molar refractivity (Wildman–Crippen MR) is 91.6 cm³/mol. The Hall–Kier alpha value is -2.73. The zero-order valence-electron chi connectivity index (χ0n) is 13.8. The quantitative estimate of drug-likeness (QED) is 0.717. The highest BCUT2D eigenvalue weighted by Gasteiger charge is 2.16. The molecule has 124 valence electrons. The van der Waals surface area contributed by atoms with Gasteiger partial charge < -0.3 is 14.5 Å². The monoisotopic (exact) mass is 324 g/mol. The molecule has 6 heteroatoms. The third-order valence-corrected chi connectivity index (χ3v) is 3.62.